The lowest BCUT2D eigenvalue weighted by Gasteiger charge is -2.09. The second-order valence-corrected chi connectivity index (χ2v) is 3.86. The Balaban J connectivity index is 2.22. The molecule has 1 N–H and O–H groups in total. The summed E-state index contributed by atoms with van der Waals surface area (Å²) in [7, 11) is 0. The maximum atomic E-state index is 13.4. The van der Waals surface area contributed by atoms with Crippen LogP contribution in [0.5, 0.6) is 5.75 Å². The fourth-order valence-corrected chi connectivity index (χ4v) is 1.70. The number of hydrogen-bond donors (Lipinski definition) is 1. The van der Waals surface area contributed by atoms with E-state index >= 15 is 0 Å². The molecule has 0 aromatic heterocycles. The summed E-state index contributed by atoms with van der Waals surface area (Å²) in [4.78, 5) is 0. The summed E-state index contributed by atoms with van der Waals surface area (Å²) in [6.07, 6.45) is 0. The number of hydrogen-bond acceptors (Lipinski definition) is 3. The van der Waals surface area contributed by atoms with Gasteiger partial charge in [-0.3, -0.25) is 0 Å². The molecule has 0 fully saturated rings. The molecular weight excluding hydrogens is 243 g/mol. The number of benzene rings is 2. The van der Waals surface area contributed by atoms with Crippen molar-refractivity contribution in [1.82, 2.24) is 0 Å². The fraction of sp³-hybridized carbons (Fsp3) is 0.133. The van der Waals surface area contributed by atoms with Gasteiger partial charge >= 0.3 is 0 Å². The minimum atomic E-state index is -0.529. The predicted molar refractivity (Wildman–Crippen MR) is 72.0 cm³/mol. The Kier molecular flexibility index (Phi) is 3.99. The van der Waals surface area contributed by atoms with Crippen LogP contribution in [-0.4, -0.2) is 6.61 Å². The van der Waals surface area contributed by atoms with Crippen LogP contribution in [0.2, 0.25) is 0 Å². The van der Waals surface area contributed by atoms with Crippen LogP contribution in [0.15, 0.2) is 42.5 Å². The van der Waals surface area contributed by atoms with Crippen molar-refractivity contribution in [2.45, 2.75) is 6.92 Å². The van der Waals surface area contributed by atoms with Crippen LogP contribution in [0.25, 0.3) is 0 Å². The highest BCUT2D eigenvalue weighted by Gasteiger charge is 2.07. The van der Waals surface area contributed by atoms with Gasteiger partial charge < -0.3 is 10.1 Å². The Bertz CT molecular complexity index is 603. The smallest absolute Gasteiger partial charge is 0.143 e. The minimum absolute atomic E-state index is 0.0105. The van der Waals surface area contributed by atoms with Gasteiger partial charge in [-0.1, -0.05) is 6.07 Å². The quantitative estimate of drug-likeness (QED) is 0.903. The van der Waals surface area contributed by atoms with E-state index in [2.05, 4.69) is 5.32 Å². The van der Waals surface area contributed by atoms with Gasteiger partial charge in [0.25, 0.3) is 0 Å². The van der Waals surface area contributed by atoms with Crippen molar-refractivity contribution < 1.29 is 9.13 Å². The number of nitrogens with zero attached hydrogens (tertiary/aromatic N) is 1. The highest BCUT2D eigenvalue weighted by Crippen LogP contribution is 2.24. The molecule has 0 heterocycles. The van der Waals surface area contributed by atoms with Gasteiger partial charge in [0.15, 0.2) is 0 Å². The summed E-state index contributed by atoms with van der Waals surface area (Å²) in [5, 5.41) is 12.0. The molecule has 0 bridgehead atoms. The summed E-state index contributed by atoms with van der Waals surface area (Å²) < 4.78 is 18.8. The Hall–Kier alpha value is -2.54. The third-order valence-electron chi connectivity index (χ3n) is 2.57. The largest absolute Gasteiger partial charge is 0.494 e. The number of halogens is 1. The molecule has 4 heteroatoms. The molecule has 0 radical (unpaired) electrons. The SMILES string of the molecule is CCOc1ccc(Nc2cccc(F)c2C#N)cc1. The van der Waals surface area contributed by atoms with Crippen LogP contribution in [0.1, 0.15) is 12.5 Å². The van der Waals surface area contributed by atoms with E-state index in [4.69, 9.17) is 10.00 Å². The summed E-state index contributed by atoms with van der Waals surface area (Å²) in [6.45, 7) is 2.52. The van der Waals surface area contributed by atoms with E-state index in [-0.39, 0.29) is 5.56 Å². The van der Waals surface area contributed by atoms with Crippen molar-refractivity contribution in [1.29, 1.82) is 5.26 Å². The highest BCUT2D eigenvalue weighted by atomic mass is 19.1. The van der Waals surface area contributed by atoms with Gasteiger partial charge in [0.2, 0.25) is 0 Å². The second-order valence-electron chi connectivity index (χ2n) is 3.86. The molecule has 0 amide bonds. The maximum Gasteiger partial charge on any atom is 0.143 e. The van der Waals surface area contributed by atoms with Crippen molar-refractivity contribution >= 4 is 11.4 Å². The van der Waals surface area contributed by atoms with Crippen molar-refractivity contribution in [3.05, 3.63) is 53.8 Å². The molecule has 0 aliphatic rings. The molecule has 3 nitrogen and oxygen atoms in total. The third kappa shape index (κ3) is 3.02. The van der Waals surface area contributed by atoms with Crippen LogP contribution >= 0.6 is 0 Å². The molecule has 0 atom stereocenters. The monoisotopic (exact) mass is 256 g/mol. The first-order valence-electron chi connectivity index (χ1n) is 5.93. The molecule has 0 spiro atoms. The first kappa shape index (κ1) is 12.9. The first-order valence-corrected chi connectivity index (χ1v) is 5.93. The summed E-state index contributed by atoms with van der Waals surface area (Å²) >= 11 is 0. The number of nitriles is 1. The summed E-state index contributed by atoms with van der Waals surface area (Å²) in [5.41, 5.74) is 1.23. The summed E-state index contributed by atoms with van der Waals surface area (Å²) in [6, 6.07) is 13.6. The molecule has 19 heavy (non-hydrogen) atoms. The zero-order chi connectivity index (χ0) is 13.7. The zero-order valence-corrected chi connectivity index (χ0v) is 10.5. The van der Waals surface area contributed by atoms with Gasteiger partial charge in [0.1, 0.15) is 23.2 Å². The van der Waals surface area contributed by atoms with Crippen LogP contribution in [0.4, 0.5) is 15.8 Å². The van der Waals surface area contributed by atoms with Crippen LogP contribution in [0, 0.1) is 17.1 Å². The average molecular weight is 256 g/mol. The van der Waals surface area contributed by atoms with Crippen molar-refractivity contribution in [3.63, 3.8) is 0 Å². The van der Waals surface area contributed by atoms with E-state index in [1.807, 2.05) is 37.3 Å². The average Bonchev–Trinajstić information content (AvgIpc) is 2.42. The lowest BCUT2D eigenvalue weighted by atomic mass is 10.1. The topological polar surface area (TPSA) is 45.0 Å². The highest BCUT2D eigenvalue weighted by molar-refractivity contribution is 5.67. The van der Waals surface area contributed by atoms with E-state index in [1.165, 1.54) is 6.07 Å². The van der Waals surface area contributed by atoms with Crippen molar-refractivity contribution in [2.75, 3.05) is 11.9 Å². The van der Waals surface area contributed by atoms with Gasteiger partial charge in [0.05, 0.1) is 12.3 Å². The molecule has 0 aliphatic carbocycles. The first-order chi connectivity index (χ1) is 9.24. The van der Waals surface area contributed by atoms with Crippen LogP contribution in [-0.2, 0) is 0 Å². The second kappa shape index (κ2) is 5.87. The lowest BCUT2D eigenvalue weighted by Crippen LogP contribution is -1.96. The van der Waals surface area contributed by atoms with Gasteiger partial charge in [0, 0.05) is 5.69 Å². The van der Waals surface area contributed by atoms with Crippen molar-refractivity contribution in [3.8, 4) is 11.8 Å². The molecule has 0 saturated heterocycles. The predicted octanol–water partition coefficient (Wildman–Crippen LogP) is 3.84. The molecule has 2 rings (SSSR count). The summed E-state index contributed by atoms with van der Waals surface area (Å²) in [5.74, 6) is 0.242. The molecule has 0 unspecified atom stereocenters. The molecule has 0 aliphatic heterocycles. The molecule has 2 aromatic carbocycles. The van der Waals surface area contributed by atoms with Gasteiger partial charge in [-0.05, 0) is 43.3 Å². The van der Waals surface area contributed by atoms with Gasteiger partial charge in [-0.15, -0.1) is 0 Å². The number of rotatable bonds is 4. The van der Waals surface area contributed by atoms with Gasteiger partial charge in [-0.2, -0.15) is 5.26 Å². The standard InChI is InChI=1S/C15H13FN2O/c1-2-19-12-8-6-11(7-9-12)18-15-5-3-4-14(16)13(15)10-17/h3-9,18H,2H2,1H3. The van der Waals surface area contributed by atoms with Crippen LogP contribution in [0.3, 0.4) is 0 Å². The minimum Gasteiger partial charge on any atom is -0.494 e. The number of ether oxygens (including phenoxy) is 1. The van der Waals surface area contributed by atoms with E-state index in [0.717, 1.165) is 11.4 Å². The zero-order valence-electron chi connectivity index (χ0n) is 10.5. The van der Waals surface area contributed by atoms with E-state index < -0.39 is 5.82 Å². The molecule has 96 valence electrons. The Morgan fingerprint density at radius 1 is 1.21 bits per heavy atom. The lowest BCUT2D eigenvalue weighted by molar-refractivity contribution is 0.340. The maximum absolute atomic E-state index is 13.4. The Morgan fingerprint density at radius 3 is 2.58 bits per heavy atom. The van der Waals surface area contributed by atoms with E-state index in [1.54, 1.807) is 12.1 Å². The van der Waals surface area contributed by atoms with E-state index in [9.17, 15) is 4.39 Å². The Labute approximate surface area is 111 Å². The Morgan fingerprint density at radius 2 is 1.95 bits per heavy atom. The number of anilines is 2. The van der Waals surface area contributed by atoms with E-state index in [0.29, 0.717) is 12.3 Å². The molecular formula is C15H13FN2O. The third-order valence-corrected chi connectivity index (χ3v) is 2.57. The van der Waals surface area contributed by atoms with Crippen LogP contribution < -0.4 is 10.1 Å². The van der Waals surface area contributed by atoms with Gasteiger partial charge in [-0.25, -0.2) is 4.39 Å². The fourth-order valence-electron chi connectivity index (χ4n) is 1.70. The molecule has 0 saturated carbocycles. The number of nitrogens with one attached hydrogen (secondary N) is 1. The van der Waals surface area contributed by atoms with Crippen molar-refractivity contribution in [2.24, 2.45) is 0 Å². The molecule has 2 aromatic rings. The normalized spacial score (nSPS) is 9.74.